The Labute approximate surface area is 138 Å². The number of nitrogens with zero attached hydrogens (tertiary/aromatic N) is 2. The van der Waals surface area contributed by atoms with Crippen molar-refractivity contribution in [2.24, 2.45) is 0 Å². The number of methoxy groups -OCH3 is 1. The van der Waals surface area contributed by atoms with Gasteiger partial charge in [-0.15, -0.1) is 0 Å². The molecule has 118 valence electrons. The number of ether oxygens (including phenoxy) is 1. The molecule has 1 aromatic carbocycles. The van der Waals surface area contributed by atoms with Crippen LogP contribution in [0.5, 0.6) is 5.75 Å². The highest BCUT2D eigenvalue weighted by Gasteiger charge is 2.21. The minimum atomic E-state index is -0.0914. The topological polar surface area (TPSA) is 73.3 Å². The quantitative estimate of drug-likeness (QED) is 0.818. The summed E-state index contributed by atoms with van der Waals surface area (Å²) in [6, 6.07) is 2.95. The van der Waals surface area contributed by atoms with Crippen LogP contribution >= 0.6 is 23.2 Å². The third-order valence-corrected chi connectivity index (χ3v) is 3.95. The Morgan fingerprint density at radius 2 is 2.14 bits per heavy atom. The van der Waals surface area contributed by atoms with Crippen LogP contribution < -0.4 is 5.73 Å². The number of phenolic OH excluding ortho intramolecular Hbond substituents is 1. The smallest absolute Gasteiger partial charge is 0.142 e. The van der Waals surface area contributed by atoms with Gasteiger partial charge in [0, 0.05) is 5.56 Å². The second-order valence-corrected chi connectivity index (χ2v) is 5.47. The van der Waals surface area contributed by atoms with E-state index in [2.05, 4.69) is 5.10 Å². The number of anilines is 1. The van der Waals surface area contributed by atoms with Gasteiger partial charge in [-0.1, -0.05) is 30.1 Å². The molecule has 2 rings (SSSR count). The van der Waals surface area contributed by atoms with Gasteiger partial charge in [-0.3, -0.25) is 0 Å². The van der Waals surface area contributed by atoms with Gasteiger partial charge in [0.05, 0.1) is 12.1 Å². The van der Waals surface area contributed by atoms with Gasteiger partial charge < -0.3 is 15.6 Å². The molecule has 0 bridgehead atoms. The lowest BCUT2D eigenvalue weighted by Gasteiger charge is -2.10. The van der Waals surface area contributed by atoms with Crippen LogP contribution in [0.2, 0.25) is 10.0 Å². The Kier molecular flexibility index (Phi) is 4.88. The van der Waals surface area contributed by atoms with Gasteiger partial charge in [0.2, 0.25) is 0 Å². The standard InChI is InChI=1S/C15H17Cl2N3O2/c1-4-5-11(22-3)13-8(2)15(18)20(19-13)14-9(16)6-7-10(21)12(14)17/h5-7,21H,4,18H2,1-3H3/b11-5-. The molecule has 0 radical (unpaired) electrons. The molecule has 5 nitrogen and oxygen atoms in total. The summed E-state index contributed by atoms with van der Waals surface area (Å²) < 4.78 is 6.77. The van der Waals surface area contributed by atoms with Crippen molar-refractivity contribution < 1.29 is 9.84 Å². The Hall–Kier alpha value is -1.85. The number of rotatable bonds is 4. The van der Waals surface area contributed by atoms with E-state index in [0.717, 1.165) is 12.0 Å². The molecule has 2 aromatic rings. The first-order valence-corrected chi connectivity index (χ1v) is 7.44. The van der Waals surface area contributed by atoms with Crippen molar-refractivity contribution >= 4 is 34.8 Å². The van der Waals surface area contributed by atoms with E-state index >= 15 is 0 Å². The molecule has 0 unspecified atom stereocenters. The normalized spacial score (nSPS) is 11.8. The van der Waals surface area contributed by atoms with Crippen molar-refractivity contribution in [3.63, 3.8) is 0 Å². The molecule has 1 heterocycles. The van der Waals surface area contributed by atoms with Gasteiger partial charge >= 0.3 is 0 Å². The zero-order chi connectivity index (χ0) is 16.4. The first-order chi connectivity index (χ1) is 10.4. The number of nitrogen functional groups attached to an aromatic ring is 1. The van der Waals surface area contributed by atoms with Gasteiger partial charge in [0.1, 0.15) is 33.7 Å². The van der Waals surface area contributed by atoms with Crippen LogP contribution in [0.1, 0.15) is 24.6 Å². The van der Waals surface area contributed by atoms with Crippen LogP contribution in [-0.2, 0) is 4.74 Å². The fraction of sp³-hybridized carbons (Fsp3) is 0.267. The van der Waals surface area contributed by atoms with Gasteiger partial charge in [0.15, 0.2) is 0 Å². The highest BCUT2D eigenvalue weighted by Crippen LogP contribution is 2.37. The van der Waals surface area contributed by atoms with Gasteiger partial charge in [-0.25, -0.2) is 4.68 Å². The summed E-state index contributed by atoms with van der Waals surface area (Å²) in [6.07, 6.45) is 2.70. The fourth-order valence-electron chi connectivity index (χ4n) is 2.10. The Morgan fingerprint density at radius 1 is 1.45 bits per heavy atom. The molecular weight excluding hydrogens is 325 g/mol. The average Bonchev–Trinajstić information content (AvgIpc) is 2.78. The minimum Gasteiger partial charge on any atom is -0.506 e. The second-order valence-electron chi connectivity index (χ2n) is 4.68. The minimum absolute atomic E-state index is 0.0895. The molecule has 0 amide bonds. The highest BCUT2D eigenvalue weighted by atomic mass is 35.5. The van der Waals surface area contributed by atoms with Crippen molar-refractivity contribution in [3.8, 4) is 11.4 Å². The number of nitrogens with two attached hydrogens (primary N) is 1. The van der Waals surface area contributed by atoms with Crippen molar-refractivity contribution in [3.05, 3.63) is 39.5 Å². The largest absolute Gasteiger partial charge is 0.506 e. The van der Waals surface area contributed by atoms with E-state index in [0.29, 0.717) is 28.0 Å². The number of hydrogen-bond acceptors (Lipinski definition) is 4. The molecule has 0 saturated heterocycles. The maximum atomic E-state index is 9.78. The SMILES string of the molecule is CC/C=C(\OC)c1nn(-c2c(Cl)ccc(O)c2Cl)c(N)c1C. The molecule has 0 atom stereocenters. The summed E-state index contributed by atoms with van der Waals surface area (Å²) in [5, 5.41) is 14.7. The average molecular weight is 342 g/mol. The summed E-state index contributed by atoms with van der Waals surface area (Å²) in [5.41, 5.74) is 7.82. The van der Waals surface area contributed by atoms with Crippen molar-refractivity contribution in [1.82, 2.24) is 9.78 Å². The molecular formula is C15H17Cl2N3O2. The predicted octanol–water partition coefficient (Wildman–Crippen LogP) is 4.17. The summed E-state index contributed by atoms with van der Waals surface area (Å²) >= 11 is 12.3. The summed E-state index contributed by atoms with van der Waals surface area (Å²) in [6.45, 7) is 3.83. The van der Waals surface area contributed by atoms with Crippen molar-refractivity contribution in [1.29, 1.82) is 0 Å². The molecule has 0 aliphatic heterocycles. The van der Waals surface area contributed by atoms with Crippen molar-refractivity contribution in [2.45, 2.75) is 20.3 Å². The third-order valence-electron chi connectivity index (χ3n) is 3.27. The zero-order valence-corrected chi connectivity index (χ0v) is 14.0. The monoisotopic (exact) mass is 341 g/mol. The molecule has 0 spiro atoms. The number of halogens is 2. The van der Waals surface area contributed by atoms with E-state index in [1.54, 1.807) is 7.11 Å². The number of aromatic nitrogens is 2. The fourth-order valence-corrected chi connectivity index (χ4v) is 2.63. The lowest BCUT2D eigenvalue weighted by atomic mass is 10.2. The Morgan fingerprint density at radius 3 is 2.73 bits per heavy atom. The predicted molar refractivity (Wildman–Crippen MR) is 89.7 cm³/mol. The number of benzene rings is 1. The molecule has 1 aromatic heterocycles. The summed E-state index contributed by atoms with van der Waals surface area (Å²) in [5.74, 6) is 0.910. The molecule has 7 heteroatoms. The van der Waals surface area contributed by atoms with Gasteiger partial charge in [-0.2, -0.15) is 5.10 Å². The van der Waals surface area contributed by atoms with Crippen LogP contribution in [0, 0.1) is 6.92 Å². The van der Waals surface area contributed by atoms with E-state index in [1.807, 2.05) is 19.9 Å². The molecule has 0 saturated carbocycles. The lowest BCUT2D eigenvalue weighted by molar-refractivity contribution is 0.366. The molecule has 0 aliphatic rings. The Balaban J connectivity index is 2.70. The summed E-state index contributed by atoms with van der Waals surface area (Å²) in [4.78, 5) is 0. The van der Waals surface area contributed by atoms with Gasteiger partial charge in [-0.05, 0) is 31.6 Å². The van der Waals surface area contributed by atoms with E-state index in [4.69, 9.17) is 33.7 Å². The zero-order valence-electron chi connectivity index (χ0n) is 12.5. The van der Waals surface area contributed by atoms with Crippen LogP contribution in [-0.4, -0.2) is 22.0 Å². The van der Waals surface area contributed by atoms with Crippen molar-refractivity contribution in [2.75, 3.05) is 12.8 Å². The highest BCUT2D eigenvalue weighted by molar-refractivity contribution is 6.38. The van der Waals surface area contributed by atoms with E-state index in [-0.39, 0.29) is 10.8 Å². The molecule has 0 aliphatic carbocycles. The maximum absolute atomic E-state index is 9.78. The summed E-state index contributed by atoms with van der Waals surface area (Å²) in [7, 11) is 1.57. The maximum Gasteiger partial charge on any atom is 0.142 e. The van der Waals surface area contributed by atoms with Crippen LogP contribution in [0.15, 0.2) is 18.2 Å². The molecule has 3 N–H and O–H groups in total. The van der Waals surface area contributed by atoms with E-state index in [1.165, 1.54) is 16.8 Å². The number of phenols is 1. The first-order valence-electron chi connectivity index (χ1n) is 6.69. The molecule has 0 fully saturated rings. The number of allylic oxidation sites excluding steroid dienone is 1. The Bertz CT molecular complexity index is 739. The third kappa shape index (κ3) is 2.74. The van der Waals surface area contributed by atoms with Crippen LogP contribution in [0.3, 0.4) is 0 Å². The van der Waals surface area contributed by atoms with E-state index < -0.39 is 0 Å². The van der Waals surface area contributed by atoms with Gasteiger partial charge in [0.25, 0.3) is 0 Å². The molecule has 22 heavy (non-hydrogen) atoms. The van der Waals surface area contributed by atoms with Crippen LogP contribution in [0.4, 0.5) is 5.82 Å². The number of aromatic hydroxyl groups is 1. The first kappa shape index (κ1) is 16.5. The van der Waals surface area contributed by atoms with Crippen LogP contribution in [0.25, 0.3) is 11.4 Å². The van der Waals surface area contributed by atoms with E-state index in [9.17, 15) is 5.11 Å². The lowest BCUT2D eigenvalue weighted by Crippen LogP contribution is -2.04. The number of hydrogen-bond donors (Lipinski definition) is 2. The second kappa shape index (κ2) is 6.50.